The molecule has 4 heterocycles. The standard InChI is InChI=1S/C22H21F4N7O/c1-11(2)34-17-7-14-13(6-15(17)23)9-27-19(14)16-8-18(29-10-28-16)32-4-5-33-20(12(32)3)30-21(31-33)22(24,25)26/h6-8,10-12H,4-5,9H2,1-3H3. The first-order valence-electron chi connectivity index (χ1n) is 10.8. The monoisotopic (exact) mass is 475 g/mol. The lowest BCUT2D eigenvalue weighted by Crippen LogP contribution is -2.38. The van der Waals surface area contributed by atoms with Crippen LogP contribution < -0.4 is 9.64 Å². The summed E-state index contributed by atoms with van der Waals surface area (Å²) in [5, 5.41) is 3.60. The van der Waals surface area contributed by atoms with Crippen molar-refractivity contribution in [2.24, 2.45) is 4.99 Å². The van der Waals surface area contributed by atoms with Gasteiger partial charge in [-0.15, -0.1) is 5.10 Å². The molecule has 0 fully saturated rings. The smallest absolute Gasteiger partial charge is 0.453 e. The van der Waals surface area contributed by atoms with E-state index in [1.54, 1.807) is 19.1 Å². The van der Waals surface area contributed by atoms with Gasteiger partial charge in [0.15, 0.2) is 11.6 Å². The SMILES string of the molecule is CC(C)Oc1cc2c(cc1F)CN=C2c1cc(N2CCn3nc(C(F)(F)F)nc3C2C)ncn1. The second kappa shape index (κ2) is 8.03. The van der Waals surface area contributed by atoms with Gasteiger partial charge in [0.05, 0.1) is 36.6 Å². The van der Waals surface area contributed by atoms with Gasteiger partial charge in [-0.25, -0.2) is 24.0 Å². The molecule has 2 aliphatic rings. The van der Waals surface area contributed by atoms with Crippen LogP contribution in [0.4, 0.5) is 23.4 Å². The van der Waals surface area contributed by atoms with Crippen molar-refractivity contribution in [1.82, 2.24) is 24.7 Å². The van der Waals surface area contributed by atoms with E-state index in [-0.39, 0.29) is 24.2 Å². The average Bonchev–Trinajstić information content (AvgIpc) is 3.39. The third-order valence-corrected chi connectivity index (χ3v) is 5.72. The summed E-state index contributed by atoms with van der Waals surface area (Å²) >= 11 is 0. The summed E-state index contributed by atoms with van der Waals surface area (Å²) in [6.07, 6.45) is -3.42. The van der Waals surface area contributed by atoms with E-state index in [4.69, 9.17) is 4.74 Å². The first kappa shape index (κ1) is 22.2. The third kappa shape index (κ3) is 3.86. The Morgan fingerprint density at radius 3 is 2.65 bits per heavy atom. The number of aliphatic imine (C=N–C) groups is 1. The Bertz CT molecular complexity index is 1280. The zero-order chi connectivity index (χ0) is 24.2. The Kier molecular flexibility index (Phi) is 5.25. The van der Waals surface area contributed by atoms with Crippen LogP contribution in [-0.2, 0) is 19.3 Å². The Morgan fingerprint density at radius 2 is 1.91 bits per heavy atom. The van der Waals surface area contributed by atoms with Crippen molar-refractivity contribution in [3.05, 3.63) is 58.8 Å². The number of fused-ring (bicyclic) bond motifs is 2. The molecule has 1 unspecified atom stereocenters. The summed E-state index contributed by atoms with van der Waals surface area (Å²) in [7, 11) is 0. The molecule has 2 aromatic heterocycles. The normalized spacial score (nSPS) is 17.6. The van der Waals surface area contributed by atoms with Crippen molar-refractivity contribution in [3.63, 3.8) is 0 Å². The van der Waals surface area contributed by atoms with Gasteiger partial charge in [0, 0.05) is 18.2 Å². The zero-order valence-electron chi connectivity index (χ0n) is 18.6. The van der Waals surface area contributed by atoms with Gasteiger partial charge >= 0.3 is 6.18 Å². The average molecular weight is 475 g/mol. The first-order chi connectivity index (χ1) is 16.1. The van der Waals surface area contributed by atoms with Gasteiger partial charge in [0.25, 0.3) is 5.82 Å². The van der Waals surface area contributed by atoms with Crippen molar-refractivity contribution in [2.75, 3.05) is 11.4 Å². The van der Waals surface area contributed by atoms with Crippen molar-refractivity contribution in [2.45, 2.75) is 52.2 Å². The van der Waals surface area contributed by atoms with Crippen molar-refractivity contribution in [1.29, 1.82) is 0 Å². The number of ether oxygens (including phenoxy) is 1. The highest BCUT2D eigenvalue weighted by Crippen LogP contribution is 2.34. The van der Waals surface area contributed by atoms with E-state index in [1.165, 1.54) is 17.1 Å². The molecular weight excluding hydrogens is 454 g/mol. The summed E-state index contributed by atoms with van der Waals surface area (Å²) in [5.41, 5.74) is 2.56. The number of aromatic nitrogens is 5. The number of hydrogen-bond donors (Lipinski definition) is 0. The van der Waals surface area contributed by atoms with Crippen LogP contribution in [0.3, 0.4) is 0 Å². The van der Waals surface area contributed by atoms with Crippen LogP contribution >= 0.6 is 0 Å². The fourth-order valence-electron chi connectivity index (χ4n) is 4.19. The highest BCUT2D eigenvalue weighted by atomic mass is 19.4. The molecule has 0 amide bonds. The minimum atomic E-state index is -4.61. The maximum absolute atomic E-state index is 14.4. The molecule has 3 aromatic rings. The predicted octanol–water partition coefficient (Wildman–Crippen LogP) is 3.95. The number of rotatable bonds is 4. The number of nitrogens with zero attached hydrogens (tertiary/aromatic N) is 7. The molecule has 0 saturated carbocycles. The lowest BCUT2D eigenvalue weighted by Gasteiger charge is -2.33. The molecule has 0 N–H and O–H groups in total. The van der Waals surface area contributed by atoms with Crippen LogP contribution in [0.25, 0.3) is 0 Å². The molecule has 5 rings (SSSR count). The topological polar surface area (TPSA) is 81.3 Å². The van der Waals surface area contributed by atoms with Crippen LogP contribution in [0.2, 0.25) is 0 Å². The van der Waals surface area contributed by atoms with Gasteiger partial charge in [-0.05, 0) is 38.5 Å². The number of alkyl halides is 3. The minimum absolute atomic E-state index is 0.141. The summed E-state index contributed by atoms with van der Waals surface area (Å²) < 4.78 is 60.5. The number of hydrogen-bond acceptors (Lipinski definition) is 7. The molecule has 0 saturated heterocycles. The lowest BCUT2D eigenvalue weighted by atomic mass is 10.0. The van der Waals surface area contributed by atoms with Gasteiger partial charge in [-0.1, -0.05) is 0 Å². The number of halogens is 4. The molecular formula is C22H21F4N7O. The molecule has 0 radical (unpaired) electrons. The van der Waals surface area contributed by atoms with Crippen molar-refractivity contribution in [3.8, 4) is 5.75 Å². The highest BCUT2D eigenvalue weighted by molar-refractivity contribution is 6.14. The van der Waals surface area contributed by atoms with Gasteiger partial charge < -0.3 is 9.64 Å². The maximum Gasteiger partial charge on any atom is 0.453 e. The Hall–Kier alpha value is -3.57. The fraction of sp³-hybridized carbons (Fsp3) is 0.409. The van der Waals surface area contributed by atoms with Gasteiger partial charge in [-0.3, -0.25) is 4.99 Å². The molecule has 0 bridgehead atoms. The second-order valence-corrected chi connectivity index (χ2v) is 8.42. The second-order valence-electron chi connectivity index (χ2n) is 8.42. The van der Waals surface area contributed by atoms with Crippen LogP contribution in [0.5, 0.6) is 5.75 Å². The molecule has 12 heteroatoms. The number of anilines is 1. The van der Waals surface area contributed by atoms with E-state index in [9.17, 15) is 17.6 Å². The number of benzene rings is 1. The predicted molar refractivity (Wildman–Crippen MR) is 114 cm³/mol. The van der Waals surface area contributed by atoms with Crippen molar-refractivity contribution >= 4 is 11.5 Å². The van der Waals surface area contributed by atoms with E-state index >= 15 is 0 Å². The van der Waals surface area contributed by atoms with Crippen LogP contribution in [-0.4, -0.2) is 43.1 Å². The van der Waals surface area contributed by atoms with Gasteiger partial charge in [-0.2, -0.15) is 13.2 Å². The quantitative estimate of drug-likeness (QED) is 0.532. The Balaban J connectivity index is 1.46. The fourth-order valence-corrected chi connectivity index (χ4v) is 4.19. The summed E-state index contributed by atoms with van der Waals surface area (Å²) in [5.74, 6) is -0.715. The maximum atomic E-state index is 14.4. The summed E-state index contributed by atoms with van der Waals surface area (Å²) in [6, 6.07) is 4.29. The van der Waals surface area contributed by atoms with E-state index in [0.717, 1.165) is 11.1 Å². The summed E-state index contributed by atoms with van der Waals surface area (Å²) in [4.78, 5) is 18.8. The largest absolute Gasteiger partial charge is 0.488 e. The van der Waals surface area contributed by atoms with Crippen molar-refractivity contribution < 1.29 is 22.3 Å². The van der Waals surface area contributed by atoms with Gasteiger partial charge in [0.2, 0.25) is 0 Å². The van der Waals surface area contributed by atoms with Crippen LogP contribution in [0, 0.1) is 5.82 Å². The molecule has 0 spiro atoms. The van der Waals surface area contributed by atoms with E-state index in [0.29, 0.717) is 30.3 Å². The van der Waals surface area contributed by atoms with E-state index < -0.39 is 23.9 Å². The highest BCUT2D eigenvalue weighted by Gasteiger charge is 2.39. The molecule has 178 valence electrons. The minimum Gasteiger partial charge on any atom is -0.488 e. The third-order valence-electron chi connectivity index (χ3n) is 5.72. The first-order valence-corrected chi connectivity index (χ1v) is 10.8. The molecule has 2 aliphatic heterocycles. The lowest BCUT2D eigenvalue weighted by molar-refractivity contribution is -0.145. The molecule has 1 aromatic carbocycles. The Labute approximate surface area is 192 Å². The van der Waals surface area contributed by atoms with E-state index in [1.807, 2.05) is 18.7 Å². The van der Waals surface area contributed by atoms with Crippen LogP contribution in [0.15, 0.2) is 29.5 Å². The van der Waals surface area contributed by atoms with E-state index in [2.05, 4.69) is 25.0 Å². The zero-order valence-corrected chi connectivity index (χ0v) is 18.6. The van der Waals surface area contributed by atoms with Gasteiger partial charge in [0.1, 0.15) is 18.0 Å². The molecule has 1 atom stereocenters. The molecule has 0 aliphatic carbocycles. The van der Waals surface area contributed by atoms with Crippen LogP contribution in [0.1, 0.15) is 55.3 Å². The molecule has 34 heavy (non-hydrogen) atoms. The Morgan fingerprint density at radius 1 is 1.12 bits per heavy atom. The molecule has 8 nitrogen and oxygen atoms in total. The summed E-state index contributed by atoms with van der Waals surface area (Å²) in [6.45, 7) is 6.33.